The molecule has 1 saturated heterocycles. The second-order valence-electron chi connectivity index (χ2n) is 10.3. The van der Waals surface area contributed by atoms with Gasteiger partial charge in [-0.1, -0.05) is 27.7 Å². The lowest BCUT2D eigenvalue weighted by atomic mass is 9.88. The summed E-state index contributed by atoms with van der Waals surface area (Å²) < 4.78 is 6.90. The molecule has 1 fully saturated rings. The monoisotopic (exact) mass is 513 g/mol. The van der Waals surface area contributed by atoms with E-state index in [-0.39, 0.29) is 23.4 Å². The molecule has 194 valence electrons. The lowest BCUT2D eigenvalue weighted by molar-refractivity contribution is 0.0696. The van der Waals surface area contributed by atoms with Crippen molar-refractivity contribution in [2.75, 3.05) is 25.0 Å². The van der Waals surface area contributed by atoms with Crippen LogP contribution in [0.5, 0.6) is 0 Å². The van der Waals surface area contributed by atoms with Crippen molar-refractivity contribution < 1.29 is 14.3 Å². The van der Waals surface area contributed by atoms with Gasteiger partial charge in [0, 0.05) is 42.8 Å². The molecule has 1 atom stereocenters. The third-order valence-electron chi connectivity index (χ3n) is 6.52. The summed E-state index contributed by atoms with van der Waals surface area (Å²) >= 11 is 1.55. The van der Waals surface area contributed by atoms with E-state index in [4.69, 9.17) is 9.72 Å². The number of amides is 2. The largest absolute Gasteiger partial charge is 0.450 e. The number of carbonyl (C=O) groups excluding carboxylic acids is 2. The highest BCUT2D eigenvalue weighted by atomic mass is 32.1. The highest BCUT2D eigenvalue weighted by molar-refractivity contribution is 7.16. The van der Waals surface area contributed by atoms with Crippen molar-refractivity contribution in [2.24, 2.45) is 5.41 Å². The number of likely N-dealkylation sites (tertiary alicyclic amines) is 1. The molecule has 0 radical (unpaired) electrons. The number of carbonyl (C=O) groups is 2. The van der Waals surface area contributed by atoms with Gasteiger partial charge in [0.25, 0.3) is 5.91 Å². The molecule has 3 aromatic rings. The van der Waals surface area contributed by atoms with Crippen LogP contribution in [0.15, 0.2) is 23.8 Å². The average Bonchev–Trinajstić information content (AvgIpc) is 3.46. The molecule has 0 bridgehead atoms. The Labute approximate surface area is 215 Å². The molecule has 36 heavy (non-hydrogen) atoms. The standard InChI is InChI=1S/C25H35N7O3S/c1-6-12-35-24(34)28-17-7-9-31(10-8-17)22(33)19-14-20(27-16(2)25(3,4)5)30-21(29-19)18-15-26-32-11-13-36-23(18)32/h11,13-17H,6-10,12H2,1-5H3,(H,28,34)(H,27,29,30)/t16-/m1/s1. The molecule has 0 aliphatic carbocycles. The van der Waals surface area contributed by atoms with Gasteiger partial charge in [-0.15, -0.1) is 11.3 Å². The van der Waals surface area contributed by atoms with Gasteiger partial charge in [0.1, 0.15) is 16.3 Å². The first-order chi connectivity index (χ1) is 17.2. The van der Waals surface area contributed by atoms with E-state index >= 15 is 0 Å². The summed E-state index contributed by atoms with van der Waals surface area (Å²) in [5.74, 6) is 0.931. The molecule has 0 spiro atoms. The van der Waals surface area contributed by atoms with E-state index in [1.165, 1.54) is 0 Å². The Hall–Kier alpha value is -3.21. The fraction of sp³-hybridized carbons (Fsp3) is 0.560. The van der Waals surface area contributed by atoms with Gasteiger partial charge < -0.3 is 20.3 Å². The summed E-state index contributed by atoms with van der Waals surface area (Å²) in [7, 11) is 0. The molecule has 0 saturated carbocycles. The molecule has 1 aliphatic heterocycles. The normalized spacial score (nSPS) is 15.6. The zero-order valence-corrected chi connectivity index (χ0v) is 22.4. The first-order valence-electron chi connectivity index (χ1n) is 12.4. The number of piperidine rings is 1. The second-order valence-corrected chi connectivity index (χ2v) is 11.1. The van der Waals surface area contributed by atoms with Crippen LogP contribution in [0.4, 0.5) is 10.6 Å². The molecule has 2 N–H and O–H groups in total. The fourth-order valence-electron chi connectivity index (χ4n) is 3.86. The van der Waals surface area contributed by atoms with Crippen LogP contribution in [0.3, 0.4) is 0 Å². The number of hydrogen-bond acceptors (Lipinski definition) is 8. The molecular formula is C25H35N7O3S. The zero-order valence-electron chi connectivity index (χ0n) is 21.6. The van der Waals surface area contributed by atoms with Crippen LogP contribution >= 0.6 is 11.3 Å². The summed E-state index contributed by atoms with van der Waals surface area (Å²) in [6.07, 6.45) is 5.33. The van der Waals surface area contributed by atoms with Crippen molar-refractivity contribution in [3.8, 4) is 11.4 Å². The van der Waals surface area contributed by atoms with Crippen molar-refractivity contribution in [2.45, 2.75) is 66.0 Å². The number of aromatic nitrogens is 4. The summed E-state index contributed by atoms with van der Waals surface area (Å²) in [5.41, 5.74) is 1.13. The van der Waals surface area contributed by atoms with Gasteiger partial charge in [-0.2, -0.15) is 5.10 Å². The first kappa shape index (κ1) is 25.9. The third-order valence-corrected chi connectivity index (χ3v) is 7.41. The zero-order chi connectivity index (χ0) is 25.9. The van der Waals surface area contributed by atoms with E-state index in [0.717, 1.165) is 16.8 Å². The minimum absolute atomic E-state index is 0.00117. The maximum atomic E-state index is 13.5. The molecule has 0 aromatic carbocycles. The van der Waals surface area contributed by atoms with E-state index in [2.05, 4.69) is 48.4 Å². The SMILES string of the molecule is CCCOC(=O)NC1CCN(C(=O)c2cc(N[C@H](C)C(C)(C)C)nc(-c3cnn4ccsc34)n2)CC1. The van der Waals surface area contributed by atoms with Crippen molar-refractivity contribution in [1.29, 1.82) is 0 Å². The van der Waals surface area contributed by atoms with Crippen LogP contribution < -0.4 is 10.6 Å². The summed E-state index contributed by atoms with van der Waals surface area (Å²) in [4.78, 5) is 37.5. The Bertz CT molecular complexity index is 1210. The predicted molar refractivity (Wildman–Crippen MR) is 140 cm³/mol. The van der Waals surface area contributed by atoms with Gasteiger partial charge in [-0.25, -0.2) is 19.3 Å². The van der Waals surface area contributed by atoms with E-state index in [9.17, 15) is 9.59 Å². The molecular weight excluding hydrogens is 478 g/mol. The molecule has 0 unspecified atom stereocenters. The number of rotatable bonds is 7. The van der Waals surface area contributed by atoms with Crippen molar-refractivity contribution >= 4 is 34.0 Å². The van der Waals surface area contributed by atoms with Crippen LogP contribution in [0.2, 0.25) is 0 Å². The van der Waals surface area contributed by atoms with Crippen LogP contribution in [0.1, 0.15) is 64.4 Å². The van der Waals surface area contributed by atoms with E-state index in [0.29, 0.717) is 49.9 Å². The number of ether oxygens (including phenoxy) is 1. The molecule has 2 amide bonds. The number of nitrogens with one attached hydrogen (secondary N) is 2. The number of thiazole rings is 1. The highest BCUT2D eigenvalue weighted by Gasteiger charge is 2.28. The Morgan fingerprint density at radius 3 is 2.69 bits per heavy atom. The topological polar surface area (TPSA) is 114 Å². The van der Waals surface area contributed by atoms with Crippen LogP contribution in [0, 0.1) is 5.41 Å². The quantitative estimate of drug-likeness (QED) is 0.480. The predicted octanol–water partition coefficient (Wildman–Crippen LogP) is 4.44. The van der Waals surface area contributed by atoms with Gasteiger partial charge in [0.05, 0.1) is 18.4 Å². The smallest absolute Gasteiger partial charge is 0.407 e. The molecule has 11 heteroatoms. The molecule has 4 rings (SSSR count). The van der Waals surface area contributed by atoms with Gasteiger partial charge >= 0.3 is 6.09 Å². The maximum absolute atomic E-state index is 13.5. The van der Waals surface area contributed by atoms with Gasteiger partial charge in [-0.05, 0) is 31.6 Å². The van der Waals surface area contributed by atoms with Crippen LogP contribution in [-0.4, -0.2) is 68.3 Å². The van der Waals surface area contributed by atoms with E-state index in [1.54, 1.807) is 33.0 Å². The number of alkyl carbamates (subject to hydrolysis) is 1. The number of hydrogen-bond donors (Lipinski definition) is 2. The highest BCUT2D eigenvalue weighted by Crippen LogP contribution is 2.28. The van der Waals surface area contributed by atoms with Crippen molar-refractivity contribution in [3.05, 3.63) is 29.5 Å². The number of anilines is 1. The van der Waals surface area contributed by atoms with E-state index in [1.807, 2.05) is 18.5 Å². The molecule has 3 aromatic heterocycles. The van der Waals surface area contributed by atoms with Crippen molar-refractivity contribution in [3.63, 3.8) is 0 Å². The number of fused-ring (bicyclic) bond motifs is 1. The second kappa shape index (κ2) is 10.8. The molecule has 4 heterocycles. The summed E-state index contributed by atoms with van der Waals surface area (Å²) in [5, 5.41) is 12.7. The fourth-order valence-corrected chi connectivity index (χ4v) is 4.65. The lowest BCUT2D eigenvalue weighted by Crippen LogP contribution is -2.46. The van der Waals surface area contributed by atoms with E-state index < -0.39 is 6.09 Å². The van der Waals surface area contributed by atoms with Gasteiger partial charge in [0.2, 0.25) is 0 Å². The third kappa shape index (κ3) is 5.95. The minimum Gasteiger partial charge on any atom is -0.450 e. The minimum atomic E-state index is -0.396. The number of nitrogens with zero attached hydrogens (tertiary/aromatic N) is 5. The molecule has 10 nitrogen and oxygen atoms in total. The average molecular weight is 514 g/mol. The summed E-state index contributed by atoms with van der Waals surface area (Å²) in [6.45, 7) is 12.0. The van der Waals surface area contributed by atoms with Crippen molar-refractivity contribution in [1.82, 2.24) is 29.8 Å². The van der Waals surface area contributed by atoms with Gasteiger partial charge in [-0.3, -0.25) is 4.79 Å². The van der Waals surface area contributed by atoms with Crippen LogP contribution in [-0.2, 0) is 4.74 Å². The van der Waals surface area contributed by atoms with Crippen LogP contribution in [0.25, 0.3) is 16.2 Å². The Morgan fingerprint density at radius 1 is 1.25 bits per heavy atom. The molecule has 1 aliphatic rings. The summed E-state index contributed by atoms with van der Waals surface area (Å²) in [6, 6.07) is 1.84. The Morgan fingerprint density at radius 2 is 2.00 bits per heavy atom. The first-order valence-corrected chi connectivity index (χ1v) is 13.3. The lowest BCUT2D eigenvalue weighted by Gasteiger charge is -2.32. The Balaban J connectivity index is 1.54. The Kier molecular flexibility index (Phi) is 7.77. The maximum Gasteiger partial charge on any atom is 0.407 e. The van der Waals surface area contributed by atoms with Gasteiger partial charge in [0.15, 0.2) is 5.82 Å².